The predicted molar refractivity (Wildman–Crippen MR) is 60.2 cm³/mol. The van der Waals surface area contributed by atoms with E-state index in [0.717, 1.165) is 25.5 Å². The average molecular weight is 217 g/mol. The van der Waals surface area contributed by atoms with Gasteiger partial charge in [0.15, 0.2) is 0 Å². The fraction of sp³-hybridized carbons (Fsp3) is 0.900. The van der Waals surface area contributed by atoms with Gasteiger partial charge >= 0.3 is 0 Å². The molecule has 3 unspecified atom stereocenters. The summed E-state index contributed by atoms with van der Waals surface area (Å²) < 4.78 is 0. The quantitative estimate of drug-likeness (QED) is 0.295. The molecule has 0 aromatic carbocycles. The van der Waals surface area contributed by atoms with Crippen molar-refractivity contribution < 1.29 is 9.90 Å². The summed E-state index contributed by atoms with van der Waals surface area (Å²) in [5, 5.41) is 9.49. The molecule has 0 saturated heterocycles. The van der Waals surface area contributed by atoms with Gasteiger partial charge in [0, 0.05) is 6.04 Å². The monoisotopic (exact) mass is 217 g/mol. The molecule has 0 fully saturated rings. The third-order valence-corrected chi connectivity index (χ3v) is 2.46. The lowest BCUT2D eigenvalue weighted by molar-refractivity contribution is -0.109. The summed E-state index contributed by atoms with van der Waals surface area (Å²) in [7, 11) is 0. The van der Waals surface area contributed by atoms with E-state index < -0.39 is 6.10 Å². The molecular weight excluding hydrogens is 194 g/mol. The van der Waals surface area contributed by atoms with Crippen LogP contribution in [0.3, 0.4) is 0 Å². The molecular formula is C10H23N3O2. The first-order chi connectivity index (χ1) is 7.11. The summed E-state index contributed by atoms with van der Waals surface area (Å²) >= 11 is 0. The molecule has 3 atom stereocenters. The first-order valence-corrected chi connectivity index (χ1v) is 5.46. The summed E-state index contributed by atoms with van der Waals surface area (Å²) in [5.41, 5.74) is 16.5. The Balaban J connectivity index is 3.45. The van der Waals surface area contributed by atoms with Crippen LogP contribution in [0.1, 0.15) is 32.1 Å². The van der Waals surface area contributed by atoms with Crippen LogP contribution in [0, 0.1) is 0 Å². The maximum absolute atomic E-state index is 10.2. The van der Waals surface area contributed by atoms with Crippen LogP contribution in [0.5, 0.6) is 0 Å². The highest BCUT2D eigenvalue weighted by atomic mass is 16.3. The van der Waals surface area contributed by atoms with Gasteiger partial charge in [0.05, 0.1) is 12.1 Å². The van der Waals surface area contributed by atoms with Gasteiger partial charge < -0.3 is 27.1 Å². The van der Waals surface area contributed by atoms with E-state index in [2.05, 4.69) is 0 Å². The standard InChI is InChI=1S/C10H23N3O2/c11-6-5-10(15)9(13)4-2-1-3-8(12)7-14/h7-10,15H,1-6,11-13H2. The van der Waals surface area contributed by atoms with Crippen LogP contribution in [0.2, 0.25) is 0 Å². The SMILES string of the molecule is NCCC(O)C(N)CCCCC(N)C=O. The molecule has 0 saturated carbocycles. The van der Waals surface area contributed by atoms with Crippen LogP contribution >= 0.6 is 0 Å². The minimum Gasteiger partial charge on any atom is -0.391 e. The third-order valence-electron chi connectivity index (χ3n) is 2.46. The Morgan fingerprint density at radius 3 is 2.27 bits per heavy atom. The number of carbonyl (C=O) groups excluding carboxylic acids is 1. The minimum atomic E-state index is -0.519. The Kier molecular flexibility index (Phi) is 8.50. The number of rotatable bonds is 9. The van der Waals surface area contributed by atoms with Crippen molar-refractivity contribution in [2.24, 2.45) is 17.2 Å². The van der Waals surface area contributed by atoms with Crippen molar-refractivity contribution in [3.8, 4) is 0 Å². The molecule has 0 heterocycles. The van der Waals surface area contributed by atoms with Crippen LogP contribution in [0.4, 0.5) is 0 Å². The predicted octanol–water partition coefficient (Wildman–Crippen LogP) is -0.890. The van der Waals surface area contributed by atoms with Crippen molar-refractivity contribution in [3.05, 3.63) is 0 Å². The summed E-state index contributed by atoms with van der Waals surface area (Å²) in [6.07, 6.45) is 3.94. The maximum atomic E-state index is 10.2. The van der Waals surface area contributed by atoms with Gasteiger partial charge in [-0.15, -0.1) is 0 Å². The van der Waals surface area contributed by atoms with Crippen molar-refractivity contribution >= 4 is 6.29 Å². The van der Waals surface area contributed by atoms with Crippen molar-refractivity contribution in [3.63, 3.8) is 0 Å². The summed E-state index contributed by atoms with van der Waals surface area (Å²) in [6, 6.07) is -0.587. The molecule has 7 N–H and O–H groups in total. The molecule has 0 rings (SSSR count). The van der Waals surface area contributed by atoms with Crippen molar-refractivity contribution in [1.29, 1.82) is 0 Å². The number of hydrogen-bond acceptors (Lipinski definition) is 5. The molecule has 90 valence electrons. The van der Waals surface area contributed by atoms with E-state index in [4.69, 9.17) is 17.2 Å². The number of aliphatic hydroxyl groups is 1. The van der Waals surface area contributed by atoms with E-state index in [1.165, 1.54) is 0 Å². The van der Waals surface area contributed by atoms with E-state index in [1.807, 2.05) is 0 Å². The summed E-state index contributed by atoms with van der Waals surface area (Å²) in [6.45, 7) is 0.449. The van der Waals surface area contributed by atoms with Gasteiger partial charge in [-0.05, 0) is 25.8 Å². The largest absolute Gasteiger partial charge is 0.391 e. The molecule has 0 aromatic heterocycles. The minimum absolute atomic E-state index is 0.221. The Hall–Kier alpha value is -0.490. The number of aliphatic hydroxyl groups excluding tert-OH is 1. The van der Waals surface area contributed by atoms with E-state index in [9.17, 15) is 9.90 Å². The first kappa shape index (κ1) is 14.5. The van der Waals surface area contributed by atoms with Crippen molar-refractivity contribution in [2.45, 2.75) is 50.3 Å². The van der Waals surface area contributed by atoms with Gasteiger partial charge in [0.1, 0.15) is 6.29 Å². The highest BCUT2D eigenvalue weighted by Gasteiger charge is 2.13. The second kappa shape index (κ2) is 8.79. The zero-order valence-electron chi connectivity index (χ0n) is 9.14. The highest BCUT2D eigenvalue weighted by Crippen LogP contribution is 2.07. The first-order valence-electron chi connectivity index (χ1n) is 5.46. The Bertz CT molecular complexity index is 167. The van der Waals surface area contributed by atoms with Gasteiger partial charge in [-0.2, -0.15) is 0 Å². The van der Waals surface area contributed by atoms with Crippen LogP contribution in [0.25, 0.3) is 0 Å². The number of carbonyl (C=O) groups is 1. The number of aldehydes is 1. The molecule has 0 radical (unpaired) electrons. The average Bonchev–Trinajstić information content (AvgIpc) is 2.23. The fourth-order valence-electron chi connectivity index (χ4n) is 1.41. The lowest BCUT2D eigenvalue weighted by Gasteiger charge is -2.17. The summed E-state index contributed by atoms with van der Waals surface area (Å²) in [4.78, 5) is 10.2. The molecule has 0 bridgehead atoms. The maximum Gasteiger partial charge on any atom is 0.136 e. The van der Waals surface area contributed by atoms with E-state index in [0.29, 0.717) is 19.4 Å². The van der Waals surface area contributed by atoms with Crippen LogP contribution in [-0.4, -0.2) is 36.1 Å². The number of nitrogens with two attached hydrogens (primary N) is 3. The normalized spacial score (nSPS) is 17.1. The molecule has 0 spiro atoms. The molecule has 0 amide bonds. The van der Waals surface area contributed by atoms with Gasteiger partial charge in [-0.3, -0.25) is 0 Å². The molecule has 5 nitrogen and oxygen atoms in total. The fourth-order valence-corrected chi connectivity index (χ4v) is 1.41. The Morgan fingerprint density at radius 1 is 1.13 bits per heavy atom. The topological polar surface area (TPSA) is 115 Å². The summed E-state index contributed by atoms with van der Waals surface area (Å²) in [5.74, 6) is 0. The van der Waals surface area contributed by atoms with Crippen molar-refractivity contribution in [1.82, 2.24) is 0 Å². The zero-order chi connectivity index (χ0) is 11.7. The van der Waals surface area contributed by atoms with E-state index in [1.54, 1.807) is 0 Å². The number of hydrogen-bond donors (Lipinski definition) is 4. The molecule has 0 aliphatic carbocycles. The lowest BCUT2D eigenvalue weighted by atomic mass is 10.0. The van der Waals surface area contributed by atoms with Gasteiger partial charge in [0.25, 0.3) is 0 Å². The smallest absolute Gasteiger partial charge is 0.136 e. The molecule has 0 aromatic rings. The molecule has 0 aliphatic heterocycles. The van der Waals surface area contributed by atoms with Crippen LogP contribution in [0.15, 0.2) is 0 Å². The zero-order valence-corrected chi connectivity index (χ0v) is 9.14. The third kappa shape index (κ3) is 7.44. The number of unbranched alkanes of at least 4 members (excludes halogenated alkanes) is 1. The molecule has 15 heavy (non-hydrogen) atoms. The highest BCUT2D eigenvalue weighted by molar-refractivity contribution is 5.56. The molecule has 0 aliphatic rings. The Morgan fingerprint density at radius 2 is 1.73 bits per heavy atom. The van der Waals surface area contributed by atoms with E-state index in [-0.39, 0.29) is 12.1 Å². The van der Waals surface area contributed by atoms with Crippen LogP contribution < -0.4 is 17.2 Å². The lowest BCUT2D eigenvalue weighted by Crippen LogP contribution is -2.36. The van der Waals surface area contributed by atoms with Gasteiger partial charge in [-0.25, -0.2) is 0 Å². The van der Waals surface area contributed by atoms with Crippen molar-refractivity contribution in [2.75, 3.05) is 6.54 Å². The molecule has 5 heteroatoms. The van der Waals surface area contributed by atoms with E-state index >= 15 is 0 Å². The van der Waals surface area contributed by atoms with Crippen LogP contribution in [-0.2, 0) is 4.79 Å². The van der Waals surface area contributed by atoms with Gasteiger partial charge in [0.2, 0.25) is 0 Å². The van der Waals surface area contributed by atoms with Gasteiger partial charge in [-0.1, -0.05) is 12.8 Å². The second-order valence-corrected chi connectivity index (χ2v) is 3.89. The Labute approximate surface area is 91.0 Å². The second-order valence-electron chi connectivity index (χ2n) is 3.89.